The molecule has 3 N–H and O–H groups in total. The third-order valence-electron chi connectivity index (χ3n) is 2.77. The van der Waals surface area contributed by atoms with E-state index in [1.54, 1.807) is 19.2 Å². The Labute approximate surface area is 104 Å². The van der Waals surface area contributed by atoms with Crippen LogP contribution in [0.4, 0.5) is 0 Å². The number of rotatable bonds is 3. The van der Waals surface area contributed by atoms with Crippen LogP contribution in [-0.4, -0.2) is 20.1 Å². The zero-order valence-electron chi connectivity index (χ0n) is 10.2. The fourth-order valence-corrected chi connectivity index (χ4v) is 1.88. The predicted octanol–water partition coefficient (Wildman–Crippen LogP) is 1.46. The van der Waals surface area contributed by atoms with Gasteiger partial charge in [0, 0.05) is 5.39 Å². The van der Waals surface area contributed by atoms with E-state index in [4.69, 9.17) is 15.3 Å². The molecule has 0 fully saturated rings. The summed E-state index contributed by atoms with van der Waals surface area (Å²) in [5, 5.41) is 1.65. The van der Waals surface area contributed by atoms with Crippen molar-refractivity contribution in [2.45, 2.75) is 0 Å². The molecule has 0 radical (unpaired) electrons. The van der Waals surface area contributed by atoms with E-state index in [2.05, 4.69) is 5.43 Å². The minimum Gasteiger partial charge on any atom is -0.497 e. The van der Waals surface area contributed by atoms with Crippen molar-refractivity contribution in [2.75, 3.05) is 14.2 Å². The van der Waals surface area contributed by atoms with E-state index in [9.17, 15) is 4.79 Å². The van der Waals surface area contributed by atoms with Gasteiger partial charge in [-0.05, 0) is 23.6 Å². The summed E-state index contributed by atoms with van der Waals surface area (Å²) in [6.07, 6.45) is 0. The Balaban J connectivity index is 2.78. The van der Waals surface area contributed by atoms with Crippen molar-refractivity contribution >= 4 is 16.7 Å². The first kappa shape index (κ1) is 12.2. The number of hydrogen-bond donors (Lipinski definition) is 2. The number of fused-ring (bicyclic) bond motifs is 1. The Hall–Kier alpha value is -2.27. The number of benzene rings is 2. The number of nitrogens with two attached hydrogens (primary N) is 1. The van der Waals surface area contributed by atoms with Crippen LogP contribution in [0.2, 0.25) is 0 Å². The molecule has 0 spiro atoms. The van der Waals surface area contributed by atoms with Crippen molar-refractivity contribution in [3.8, 4) is 11.5 Å². The second-order valence-corrected chi connectivity index (χ2v) is 3.70. The van der Waals surface area contributed by atoms with Crippen molar-refractivity contribution < 1.29 is 14.3 Å². The molecule has 0 aliphatic rings. The van der Waals surface area contributed by atoms with Crippen molar-refractivity contribution in [3.05, 3.63) is 35.9 Å². The monoisotopic (exact) mass is 246 g/mol. The maximum atomic E-state index is 11.8. The van der Waals surface area contributed by atoms with Gasteiger partial charge in [-0.25, -0.2) is 5.84 Å². The van der Waals surface area contributed by atoms with E-state index in [-0.39, 0.29) is 0 Å². The summed E-state index contributed by atoms with van der Waals surface area (Å²) in [5.41, 5.74) is 2.53. The van der Waals surface area contributed by atoms with Crippen LogP contribution in [-0.2, 0) is 0 Å². The van der Waals surface area contributed by atoms with Crippen LogP contribution in [0.25, 0.3) is 10.8 Å². The standard InChI is InChI=1S/C13H14N2O3/c1-17-9-5-3-8-4-6-11(18-2)12(10(8)7-9)13(16)15-14/h3-7H,14H2,1-2H3,(H,15,16). The third kappa shape index (κ3) is 1.96. The van der Waals surface area contributed by atoms with Crippen molar-refractivity contribution in [2.24, 2.45) is 5.84 Å². The van der Waals surface area contributed by atoms with Gasteiger partial charge in [0.15, 0.2) is 0 Å². The Morgan fingerprint density at radius 3 is 2.50 bits per heavy atom. The molecular weight excluding hydrogens is 232 g/mol. The Morgan fingerprint density at radius 2 is 1.89 bits per heavy atom. The molecular formula is C13H14N2O3. The highest BCUT2D eigenvalue weighted by Gasteiger charge is 2.15. The maximum absolute atomic E-state index is 11.8. The lowest BCUT2D eigenvalue weighted by Gasteiger charge is -2.11. The van der Waals surface area contributed by atoms with Crippen LogP contribution < -0.4 is 20.7 Å². The lowest BCUT2D eigenvalue weighted by molar-refractivity contribution is 0.0952. The van der Waals surface area contributed by atoms with Crippen LogP contribution in [0.3, 0.4) is 0 Å². The molecule has 5 heteroatoms. The smallest absolute Gasteiger partial charge is 0.269 e. The fraction of sp³-hybridized carbons (Fsp3) is 0.154. The molecule has 0 bridgehead atoms. The van der Waals surface area contributed by atoms with E-state index in [0.717, 1.165) is 10.8 Å². The van der Waals surface area contributed by atoms with E-state index in [1.807, 2.05) is 18.2 Å². The average molecular weight is 246 g/mol. The second kappa shape index (κ2) is 4.93. The summed E-state index contributed by atoms with van der Waals surface area (Å²) in [5.74, 6) is 5.94. The molecule has 0 aliphatic heterocycles. The molecule has 2 rings (SSSR count). The predicted molar refractivity (Wildman–Crippen MR) is 68.7 cm³/mol. The first-order valence-corrected chi connectivity index (χ1v) is 5.37. The number of hydrazine groups is 1. The van der Waals surface area contributed by atoms with Gasteiger partial charge >= 0.3 is 0 Å². The molecule has 2 aromatic carbocycles. The Bertz CT molecular complexity index is 591. The highest BCUT2D eigenvalue weighted by molar-refractivity contribution is 6.09. The van der Waals surface area contributed by atoms with Gasteiger partial charge in [-0.2, -0.15) is 0 Å². The normalized spacial score (nSPS) is 10.2. The molecule has 1 amide bonds. The molecule has 5 nitrogen and oxygen atoms in total. The van der Waals surface area contributed by atoms with E-state index in [0.29, 0.717) is 17.1 Å². The topological polar surface area (TPSA) is 73.6 Å². The zero-order chi connectivity index (χ0) is 13.1. The highest BCUT2D eigenvalue weighted by atomic mass is 16.5. The molecule has 0 aliphatic carbocycles. The minimum absolute atomic E-state index is 0.397. The lowest BCUT2D eigenvalue weighted by Crippen LogP contribution is -2.30. The molecule has 0 unspecified atom stereocenters. The molecule has 2 aromatic rings. The van der Waals surface area contributed by atoms with Gasteiger partial charge < -0.3 is 9.47 Å². The average Bonchev–Trinajstić information content (AvgIpc) is 2.44. The summed E-state index contributed by atoms with van der Waals surface area (Å²) in [6, 6.07) is 9.10. The van der Waals surface area contributed by atoms with Gasteiger partial charge in [-0.1, -0.05) is 12.1 Å². The Kier molecular flexibility index (Phi) is 3.34. The summed E-state index contributed by atoms with van der Waals surface area (Å²) in [7, 11) is 3.08. The zero-order valence-corrected chi connectivity index (χ0v) is 10.2. The second-order valence-electron chi connectivity index (χ2n) is 3.70. The molecule has 0 aromatic heterocycles. The van der Waals surface area contributed by atoms with Crippen LogP contribution >= 0.6 is 0 Å². The molecule has 0 atom stereocenters. The fourth-order valence-electron chi connectivity index (χ4n) is 1.88. The first-order valence-electron chi connectivity index (χ1n) is 5.37. The lowest BCUT2D eigenvalue weighted by atomic mass is 10.0. The third-order valence-corrected chi connectivity index (χ3v) is 2.77. The maximum Gasteiger partial charge on any atom is 0.269 e. The molecule has 0 saturated carbocycles. The van der Waals surface area contributed by atoms with Crippen LogP contribution in [0, 0.1) is 0 Å². The number of ether oxygens (including phenoxy) is 2. The first-order chi connectivity index (χ1) is 8.71. The van der Waals surface area contributed by atoms with Crippen molar-refractivity contribution in [1.82, 2.24) is 5.43 Å². The van der Waals surface area contributed by atoms with E-state index in [1.165, 1.54) is 7.11 Å². The summed E-state index contributed by atoms with van der Waals surface area (Å²) in [6.45, 7) is 0. The molecule has 0 heterocycles. The number of nitrogen functional groups attached to an aromatic ring is 1. The van der Waals surface area contributed by atoms with Crippen LogP contribution in [0.5, 0.6) is 11.5 Å². The minimum atomic E-state index is -0.397. The number of carbonyl (C=O) groups excluding carboxylic acids is 1. The highest BCUT2D eigenvalue weighted by Crippen LogP contribution is 2.30. The molecule has 18 heavy (non-hydrogen) atoms. The van der Waals surface area contributed by atoms with E-state index >= 15 is 0 Å². The van der Waals surface area contributed by atoms with Crippen molar-refractivity contribution in [1.29, 1.82) is 0 Å². The summed E-state index contributed by atoms with van der Waals surface area (Å²) < 4.78 is 10.4. The largest absolute Gasteiger partial charge is 0.497 e. The Morgan fingerprint density at radius 1 is 1.17 bits per heavy atom. The van der Waals surface area contributed by atoms with E-state index < -0.39 is 5.91 Å². The summed E-state index contributed by atoms with van der Waals surface area (Å²) >= 11 is 0. The van der Waals surface area contributed by atoms with Gasteiger partial charge in [0.2, 0.25) is 0 Å². The number of methoxy groups -OCH3 is 2. The summed E-state index contributed by atoms with van der Waals surface area (Å²) in [4.78, 5) is 11.8. The number of amides is 1. The van der Waals surface area contributed by atoms with Gasteiger partial charge in [-0.3, -0.25) is 10.2 Å². The van der Waals surface area contributed by atoms with Crippen LogP contribution in [0.15, 0.2) is 30.3 Å². The number of carbonyl (C=O) groups is 1. The molecule has 94 valence electrons. The van der Waals surface area contributed by atoms with Gasteiger partial charge in [0.25, 0.3) is 5.91 Å². The van der Waals surface area contributed by atoms with Gasteiger partial charge in [-0.15, -0.1) is 0 Å². The quantitative estimate of drug-likeness (QED) is 0.488. The SMILES string of the molecule is COc1ccc2ccc(OC)c(C(=O)NN)c2c1. The number of nitrogens with one attached hydrogen (secondary N) is 1. The van der Waals surface area contributed by atoms with Gasteiger partial charge in [0.1, 0.15) is 11.5 Å². The van der Waals surface area contributed by atoms with Crippen molar-refractivity contribution in [3.63, 3.8) is 0 Å². The number of hydrogen-bond acceptors (Lipinski definition) is 4. The van der Waals surface area contributed by atoms with Gasteiger partial charge in [0.05, 0.1) is 19.8 Å². The molecule has 0 saturated heterocycles. The van der Waals surface area contributed by atoms with Crippen LogP contribution in [0.1, 0.15) is 10.4 Å².